The molecule has 1 rings (SSSR count). The number of amides is 1. The molecule has 4 nitrogen and oxygen atoms in total. The van der Waals surface area contributed by atoms with Gasteiger partial charge in [-0.15, -0.1) is 0 Å². The SMILES string of the molecule is CC(CCS(C)=O)NCC(=O)Nc1cccc(Br)c1. The number of hydrogen-bond donors (Lipinski definition) is 2. The molecular formula is C13H19BrN2O2S. The molecule has 0 fully saturated rings. The second-order valence-corrected chi connectivity index (χ2v) is 6.88. The molecule has 0 aromatic heterocycles. The van der Waals surface area contributed by atoms with Crippen LogP contribution in [0, 0.1) is 0 Å². The van der Waals surface area contributed by atoms with Gasteiger partial charge in [-0.05, 0) is 31.5 Å². The van der Waals surface area contributed by atoms with Gasteiger partial charge in [0.05, 0.1) is 6.54 Å². The Labute approximate surface area is 124 Å². The topological polar surface area (TPSA) is 58.2 Å². The van der Waals surface area contributed by atoms with Crippen LogP contribution in [0.25, 0.3) is 0 Å². The van der Waals surface area contributed by atoms with Crippen molar-refractivity contribution < 1.29 is 9.00 Å². The molecule has 6 heteroatoms. The van der Waals surface area contributed by atoms with Crippen LogP contribution >= 0.6 is 15.9 Å². The minimum Gasteiger partial charge on any atom is -0.325 e. The largest absolute Gasteiger partial charge is 0.325 e. The lowest BCUT2D eigenvalue weighted by atomic mass is 10.2. The Bertz CT molecular complexity index is 454. The van der Waals surface area contributed by atoms with E-state index in [4.69, 9.17) is 0 Å². The number of carbonyl (C=O) groups is 1. The number of hydrogen-bond acceptors (Lipinski definition) is 3. The van der Waals surface area contributed by atoms with Crippen molar-refractivity contribution >= 4 is 38.3 Å². The third kappa shape index (κ3) is 7.44. The fourth-order valence-corrected chi connectivity index (χ4v) is 2.57. The molecule has 0 spiro atoms. The van der Waals surface area contributed by atoms with E-state index in [1.807, 2.05) is 31.2 Å². The summed E-state index contributed by atoms with van der Waals surface area (Å²) in [6, 6.07) is 7.64. The molecular weight excluding hydrogens is 328 g/mol. The fraction of sp³-hybridized carbons (Fsp3) is 0.462. The normalized spacial score (nSPS) is 13.8. The quantitative estimate of drug-likeness (QED) is 0.795. The zero-order valence-electron chi connectivity index (χ0n) is 11.1. The van der Waals surface area contributed by atoms with Gasteiger partial charge in [-0.3, -0.25) is 9.00 Å². The van der Waals surface area contributed by atoms with Gasteiger partial charge in [0.25, 0.3) is 0 Å². The molecule has 19 heavy (non-hydrogen) atoms. The number of nitrogens with one attached hydrogen (secondary N) is 2. The van der Waals surface area contributed by atoms with Crippen LogP contribution in [-0.2, 0) is 15.6 Å². The predicted molar refractivity (Wildman–Crippen MR) is 83.8 cm³/mol. The van der Waals surface area contributed by atoms with Gasteiger partial charge in [-0.25, -0.2) is 0 Å². The van der Waals surface area contributed by atoms with Gasteiger partial charge >= 0.3 is 0 Å². The molecule has 0 bridgehead atoms. The predicted octanol–water partition coefficient (Wildman–Crippen LogP) is 2.13. The Morgan fingerprint density at radius 1 is 1.47 bits per heavy atom. The van der Waals surface area contributed by atoms with Crippen molar-refractivity contribution in [1.82, 2.24) is 5.32 Å². The standard InChI is InChI=1S/C13H19BrN2O2S/c1-10(6-7-19(2)18)15-9-13(17)16-12-5-3-4-11(14)8-12/h3-5,8,10,15H,6-7,9H2,1-2H3,(H,16,17). The van der Waals surface area contributed by atoms with Crippen LogP contribution in [0.3, 0.4) is 0 Å². The summed E-state index contributed by atoms with van der Waals surface area (Å²) in [6.07, 6.45) is 2.49. The van der Waals surface area contributed by atoms with Crippen molar-refractivity contribution in [3.63, 3.8) is 0 Å². The van der Waals surface area contributed by atoms with Crippen molar-refractivity contribution in [3.05, 3.63) is 28.7 Å². The Hall–Kier alpha value is -0.720. The summed E-state index contributed by atoms with van der Waals surface area (Å²) in [5.41, 5.74) is 0.767. The molecule has 1 amide bonds. The van der Waals surface area contributed by atoms with E-state index in [1.165, 1.54) is 0 Å². The molecule has 0 saturated heterocycles. The second-order valence-electron chi connectivity index (χ2n) is 4.41. The zero-order valence-corrected chi connectivity index (χ0v) is 13.5. The molecule has 0 saturated carbocycles. The molecule has 1 aromatic rings. The van der Waals surface area contributed by atoms with E-state index in [9.17, 15) is 9.00 Å². The molecule has 2 unspecified atom stereocenters. The van der Waals surface area contributed by atoms with Crippen LogP contribution in [0.2, 0.25) is 0 Å². The maximum atomic E-state index is 11.7. The van der Waals surface area contributed by atoms with Crippen molar-refractivity contribution in [2.24, 2.45) is 0 Å². The molecule has 1 aromatic carbocycles. The minimum absolute atomic E-state index is 0.0810. The van der Waals surface area contributed by atoms with Gasteiger partial charge in [-0.2, -0.15) is 0 Å². The molecule has 2 atom stereocenters. The van der Waals surface area contributed by atoms with Crippen LogP contribution < -0.4 is 10.6 Å². The van der Waals surface area contributed by atoms with E-state index in [0.29, 0.717) is 5.75 Å². The Morgan fingerprint density at radius 2 is 2.21 bits per heavy atom. The number of halogens is 1. The number of rotatable bonds is 7. The lowest BCUT2D eigenvalue weighted by molar-refractivity contribution is -0.115. The average Bonchev–Trinajstić information content (AvgIpc) is 2.34. The van der Waals surface area contributed by atoms with Gasteiger partial charge in [0, 0.05) is 39.0 Å². The molecule has 0 aliphatic rings. The van der Waals surface area contributed by atoms with E-state index in [2.05, 4.69) is 26.6 Å². The molecule has 2 N–H and O–H groups in total. The molecule has 0 aliphatic heterocycles. The summed E-state index contributed by atoms with van der Waals surface area (Å²) in [5, 5.41) is 5.93. The van der Waals surface area contributed by atoms with Crippen molar-refractivity contribution in [2.45, 2.75) is 19.4 Å². The summed E-state index contributed by atoms with van der Waals surface area (Å²) in [4.78, 5) is 11.7. The van der Waals surface area contributed by atoms with Crippen molar-refractivity contribution in [3.8, 4) is 0 Å². The number of anilines is 1. The Kier molecular flexibility index (Phi) is 7.27. The van der Waals surface area contributed by atoms with E-state index in [0.717, 1.165) is 16.6 Å². The first-order chi connectivity index (χ1) is 8.97. The number of benzene rings is 1. The highest BCUT2D eigenvalue weighted by Crippen LogP contribution is 2.15. The zero-order chi connectivity index (χ0) is 14.3. The van der Waals surface area contributed by atoms with Crippen LogP contribution in [0.15, 0.2) is 28.7 Å². The summed E-state index contributed by atoms with van der Waals surface area (Å²) < 4.78 is 11.9. The van der Waals surface area contributed by atoms with E-state index < -0.39 is 10.8 Å². The second kappa shape index (κ2) is 8.45. The molecule has 0 radical (unpaired) electrons. The first-order valence-corrected chi connectivity index (χ1v) is 8.58. The highest BCUT2D eigenvalue weighted by atomic mass is 79.9. The summed E-state index contributed by atoms with van der Waals surface area (Å²) in [7, 11) is -0.780. The van der Waals surface area contributed by atoms with Gasteiger partial charge in [-0.1, -0.05) is 22.0 Å². The maximum absolute atomic E-state index is 11.7. The van der Waals surface area contributed by atoms with Crippen LogP contribution in [-0.4, -0.2) is 34.7 Å². The van der Waals surface area contributed by atoms with Gasteiger partial charge in [0.15, 0.2) is 0 Å². The average molecular weight is 347 g/mol. The maximum Gasteiger partial charge on any atom is 0.238 e. The monoisotopic (exact) mass is 346 g/mol. The van der Waals surface area contributed by atoms with E-state index >= 15 is 0 Å². The van der Waals surface area contributed by atoms with Crippen LogP contribution in [0.5, 0.6) is 0 Å². The molecule has 0 heterocycles. The van der Waals surface area contributed by atoms with Crippen molar-refractivity contribution in [1.29, 1.82) is 0 Å². The van der Waals surface area contributed by atoms with Gasteiger partial charge in [0.2, 0.25) is 5.91 Å². The van der Waals surface area contributed by atoms with E-state index in [1.54, 1.807) is 6.26 Å². The Morgan fingerprint density at radius 3 is 2.84 bits per heavy atom. The van der Waals surface area contributed by atoms with Crippen LogP contribution in [0.1, 0.15) is 13.3 Å². The molecule has 0 aliphatic carbocycles. The third-order valence-electron chi connectivity index (χ3n) is 2.56. The lowest BCUT2D eigenvalue weighted by Gasteiger charge is -2.13. The van der Waals surface area contributed by atoms with Gasteiger partial charge in [0.1, 0.15) is 0 Å². The van der Waals surface area contributed by atoms with E-state index in [-0.39, 0.29) is 18.5 Å². The van der Waals surface area contributed by atoms with Gasteiger partial charge < -0.3 is 10.6 Å². The summed E-state index contributed by atoms with van der Waals surface area (Å²) in [5.74, 6) is 0.573. The number of carbonyl (C=O) groups excluding carboxylic acids is 1. The highest BCUT2D eigenvalue weighted by molar-refractivity contribution is 9.10. The summed E-state index contributed by atoms with van der Waals surface area (Å²) >= 11 is 3.35. The Balaban J connectivity index is 2.30. The highest BCUT2D eigenvalue weighted by Gasteiger charge is 2.06. The summed E-state index contributed by atoms with van der Waals surface area (Å²) in [6.45, 7) is 2.24. The van der Waals surface area contributed by atoms with Crippen LogP contribution in [0.4, 0.5) is 5.69 Å². The first kappa shape index (κ1) is 16.3. The third-order valence-corrected chi connectivity index (χ3v) is 3.86. The minimum atomic E-state index is -0.780. The first-order valence-electron chi connectivity index (χ1n) is 6.06. The lowest BCUT2D eigenvalue weighted by Crippen LogP contribution is -2.35. The van der Waals surface area contributed by atoms with Crippen molar-refractivity contribution in [2.75, 3.05) is 23.9 Å². The fourth-order valence-electron chi connectivity index (χ4n) is 1.48. The molecule has 106 valence electrons. The smallest absolute Gasteiger partial charge is 0.238 e.